The first-order valence-electron chi connectivity index (χ1n) is 2.61. The van der Waals surface area contributed by atoms with E-state index in [1.165, 1.54) is 33.3 Å². The van der Waals surface area contributed by atoms with Gasteiger partial charge in [0.1, 0.15) is 0 Å². The Hall–Kier alpha value is 0.0901. The molecule has 0 aliphatic heterocycles. The molecule has 8 heavy (non-hydrogen) atoms. The molecular formula is C7H7In. The summed E-state index contributed by atoms with van der Waals surface area (Å²) in [7, 11) is 0. The predicted octanol–water partition coefficient (Wildman–Crippen LogP) is 0.789. The van der Waals surface area contributed by atoms with E-state index in [2.05, 4.69) is 31.2 Å². The van der Waals surface area contributed by atoms with Crippen LogP contribution in [-0.2, 0) is 0 Å². The molecular weight excluding hydrogens is 199 g/mol. The van der Waals surface area contributed by atoms with Crippen LogP contribution in [0.1, 0.15) is 5.56 Å². The van der Waals surface area contributed by atoms with Crippen molar-refractivity contribution in [1.29, 1.82) is 0 Å². The molecule has 1 heteroatoms. The van der Waals surface area contributed by atoms with Gasteiger partial charge in [0.05, 0.1) is 0 Å². The van der Waals surface area contributed by atoms with Gasteiger partial charge in [-0.05, 0) is 0 Å². The Labute approximate surface area is 64.5 Å². The molecule has 38 valence electrons. The summed E-state index contributed by atoms with van der Waals surface area (Å²) in [5.41, 5.74) is 1.35. The number of rotatable bonds is 0. The third-order valence-electron chi connectivity index (χ3n) is 1.08. The zero-order chi connectivity index (χ0) is 5.98. The van der Waals surface area contributed by atoms with Crippen molar-refractivity contribution < 1.29 is 0 Å². The van der Waals surface area contributed by atoms with Crippen molar-refractivity contribution in [3.05, 3.63) is 29.8 Å². The molecule has 0 atom stereocenters. The van der Waals surface area contributed by atoms with Crippen molar-refractivity contribution in [1.82, 2.24) is 0 Å². The first-order valence-corrected chi connectivity index (χ1v) is 4.26. The number of benzene rings is 1. The van der Waals surface area contributed by atoms with Gasteiger partial charge < -0.3 is 0 Å². The van der Waals surface area contributed by atoms with Crippen LogP contribution in [0.5, 0.6) is 0 Å². The first kappa shape index (κ1) is 6.21. The second-order valence-corrected chi connectivity index (χ2v) is 3.81. The van der Waals surface area contributed by atoms with Gasteiger partial charge in [0.2, 0.25) is 0 Å². The third kappa shape index (κ3) is 1.55. The SMILES string of the molecule is Cc1cc[c]([In])cc1. The predicted molar refractivity (Wildman–Crippen MR) is 36.6 cm³/mol. The van der Waals surface area contributed by atoms with Gasteiger partial charge in [0, 0.05) is 0 Å². The van der Waals surface area contributed by atoms with Crippen LogP contribution in [0.15, 0.2) is 24.3 Å². The van der Waals surface area contributed by atoms with Crippen molar-refractivity contribution in [3.63, 3.8) is 0 Å². The zero-order valence-electron chi connectivity index (χ0n) is 4.89. The van der Waals surface area contributed by atoms with Crippen LogP contribution >= 0.6 is 0 Å². The molecule has 1 aromatic rings. The summed E-state index contributed by atoms with van der Waals surface area (Å²) >= 11 is 1.23. The van der Waals surface area contributed by atoms with Gasteiger partial charge >= 0.3 is 64.4 Å². The molecule has 0 aromatic heterocycles. The Kier molecular flexibility index (Phi) is 2.01. The van der Waals surface area contributed by atoms with Gasteiger partial charge in [-0.3, -0.25) is 0 Å². The van der Waals surface area contributed by atoms with E-state index in [0.717, 1.165) is 0 Å². The Morgan fingerprint density at radius 1 is 1.12 bits per heavy atom. The maximum atomic E-state index is 2.18. The van der Waals surface area contributed by atoms with E-state index in [1.54, 1.807) is 0 Å². The Balaban J connectivity index is 3.03. The van der Waals surface area contributed by atoms with E-state index >= 15 is 0 Å². The van der Waals surface area contributed by atoms with Crippen LogP contribution < -0.4 is 3.32 Å². The second kappa shape index (κ2) is 2.58. The molecule has 0 saturated carbocycles. The molecule has 0 spiro atoms. The molecule has 2 radical (unpaired) electrons. The molecule has 0 unspecified atom stereocenters. The fraction of sp³-hybridized carbons (Fsp3) is 0.143. The number of hydrogen-bond acceptors (Lipinski definition) is 0. The standard InChI is InChI=1S/C7H7.In/c1-7-5-3-2-4-6-7;/h3-6H,1H3;. The molecule has 0 aliphatic carbocycles. The number of hydrogen-bond donors (Lipinski definition) is 0. The van der Waals surface area contributed by atoms with Gasteiger partial charge in [0.25, 0.3) is 0 Å². The Morgan fingerprint density at radius 2 is 1.62 bits per heavy atom. The Morgan fingerprint density at radius 3 is 2.00 bits per heavy atom. The summed E-state index contributed by atoms with van der Waals surface area (Å²) in [5, 5.41) is 0. The van der Waals surface area contributed by atoms with Gasteiger partial charge in [-0.2, -0.15) is 0 Å². The van der Waals surface area contributed by atoms with Gasteiger partial charge in [0.15, 0.2) is 0 Å². The van der Waals surface area contributed by atoms with Gasteiger partial charge in [-0.15, -0.1) is 0 Å². The van der Waals surface area contributed by atoms with E-state index in [1.807, 2.05) is 0 Å². The molecule has 0 fully saturated rings. The molecule has 0 bridgehead atoms. The number of aryl methyl sites for hydroxylation is 1. The quantitative estimate of drug-likeness (QED) is 0.588. The fourth-order valence-electron chi connectivity index (χ4n) is 0.566. The molecule has 0 aliphatic rings. The van der Waals surface area contributed by atoms with Crippen LogP contribution in [-0.4, -0.2) is 24.4 Å². The van der Waals surface area contributed by atoms with Gasteiger partial charge in [-0.1, -0.05) is 0 Å². The van der Waals surface area contributed by atoms with Crippen LogP contribution in [0.25, 0.3) is 0 Å². The summed E-state index contributed by atoms with van der Waals surface area (Å²) < 4.78 is 1.46. The molecule has 1 aromatic carbocycles. The van der Waals surface area contributed by atoms with Crippen LogP contribution in [0.2, 0.25) is 0 Å². The molecule has 0 saturated heterocycles. The normalized spacial score (nSPS) is 9.12. The van der Waals surface area contributed by atoms with E-state index < -0.39 is 0 Å². The monoisotopic (exact) mass is 206 g/mol. The van der Waals surface area contributed by atoms with E-state index in [4.69, 9.17) is 0 Å². The minimum absolute atomic E-state index is 1.23. The average Bonchev–Trinajstić information content (AvgIpc) is 1.77. The second-order valence-electron chi connectivity index (χ2n) is 1.91. The molecule has 0 nitrogen and oxygen atoms in total. The van der Waals surface area contributed by atoms with Crippen molar-refractivity contribution in [2.45, 2.75) is 6.92 Å². The molecule has 0 N–H and O–H groups in total. The van der Waals surface area contributed by atoms with Crippen molar-refractivity contribution in [2.75, 3.05) is 0 Å². The summed E-state index contributed by atoms with van der Waals surface area (Å²) in [6.07, 6.45) is 0. The van der Waals surface area contributed by atoms with Crippen LogP contribution in [0.4, 0.5) is 0 Å². The first-order chi connectivity index (χ1) is 3.79. The zero-order valence-corrected chi connectivity index (χ0v) is 8.18. The fourth-order valence-corrected chi connectivity index (χ4v) is 1.12. The average molecular weight is 206 g/mol. The van der Waals surface area contributed by atoms with Gasteiger partial charge in [-0.25, -0.2) is 0 Å². The van der Waals surface area contributed by atoms with E-state index in [-0.39, 0.29) is 0 Å². The van der Waals surface area contributed by atoms with Crippen LogP contribution in [0, 0.1) is 6.92 Å². The van der Waals surface area contributed by atoms with Crippen molar-refractivity contribution >= 4 is 27.7 Å². The van der Waals surface area contributed by atoms with Crippen molar-refractivity contribution in [3.8, 4) is 0 Å². The minimum atomic E-state index is 1.23. The van der Waals surface area contributed by atoms with E-state index in [9.17, 15) is 0 Å². The molecule has 1 rings (SSSR count). The summed E-state index contributed by atoms with van der Waals surface area (Å²) in [5.74, 6) is 0. The Bertz CT molecular complexity index is 143. The maximum absolute atomic E-state index is 2.18. The topological polar surface area (TPSA) is 0 Å². The summed E-state index contributed by atoms with van der Waals surface area (Å²) in [6.45, 7) is 2.11. The van der Waals surface area contributed by atoms with Crippen molar-refractivity contribution in [2.24, 2.45) is 0 Å². The molecule has 0 amide bonds. The van der Waals surface area contributed by atoms with Crippen LogP contribution in [0.3, 0.4) is 0 Å². The van der Waals surface area contributed by atoms with E-state index in [0.29, 0.717) is 0 Å². The summed E-state index contributed by atoms with van der Waals surface area (Å²) in [4.78, 5) is 0. The summed E-state index contributed by atoms with van der Waals surface area (Å²) in [6, 6.07) is 8.66. The molecule has 0 heterocycles. The third-order valence-corrected chi connectivity index (χ3v) is 2.18.